The summed E-state index contributed by atoms with van der Waals surface area (Å²) in [7, 11) is 0. The van der Waals surface area contributed by atoms with E-state index in [0.29, 0.717) is 0 Å². The number of carbonyl (C=O) groups excluding carboxylic acids is 1. The van der Waals surface area contributed by atoms with Gasteiger partial charge in [-0.05, 0) is 27.7 Å². The van der Waals surface area contributed by atoms with Gasteiger partial charge in [0.2, 0.25) is 0 Å². The normalized spacial score (nSPS) is 11.1. The zero-order chi connectivity index (χ0) is 12.9. The van der Waals surface area contributed by atoms with Crippen LogP contribution in [0.5, 0.6) is 0 Å². The van der Waals surface area contributed by atoms with Gasteiger partial charge in [0, 0.05) is 0 Å². The summed E-state index contributed by atoms with van der Waals surface area (Å²) in [5, 5.41) is 9.55. The number of carbonyl (C=O) groups is 1. The van der Waals surface area contributed by atoms with Crippen molar-refractivity contribution in [2.75, 3.05) is 0 Å². The Morgan fingerprint density at radius 1 is 1.17 bits per heavy atom. The molecule has 0 radical (unpaired) electrons. The predicted octanol–water partition coefficient (Wildman–Crippen LogP) is -3.38. The number of thiol groups is 1. The Bertz CT molecular complexity index is 326. The Labute approximate surface area is 166 Å². The largest absolute Gasteiger partial charge is 1.00 e. The third-order valence-corrected chi connectivity index (χ3v) is 1.75. The SMILES string of the molecule is CC(C)OC(=O)C(C(=S)S)=C(O)OC(C)C.[H-].[H-].[Na+].[Na+]. The second-order valence-corrected chi connectivity index (χ2v) is 4.76. The van der Waals surface area contributed by atoms with Gasteiger partial charge in [-0.2, -0.15) is 0 Å². The topological polar surface area (TPSA) is 55.8 Å². The van der Waals surface area contributed by atoms with Gasteiger partial charge < -0.3 is 17.4 Å². The average molecular weight is 312 g/mol. The van der Waals surface area contributed by atoms with E-state index in [4.69, 9.17) is 21.7 Å². The first-order valence-corrected chi connectivity index (χ1v) is 5.65. The maximum Gasteiger partial charge on any atom is 1.00 e. The predicted molar refractivity (Wildman–Crippen MR) is 70.9 cm³/mol. The maximum atomic E-state index is 11.6. The molecule has 0 bridgehead atoms. The molecule has 96 valence electrons. The number of rotatable bonds is 5. The van der Waals surface area contributed by atoms with Crippen LogP contribution in [-0.2, 0) is 14.3 Å². The minimum atomic E-state index is -0.742. The molecule has 0 saturated carbocycles. The number of aliphatic hydroxyl groups is 1. The van der Waals surface area contributed by atoms with Crippen molar-refractivity contribution >= 4 is 35.0 Å². The third kappa shape index (κ3) is 10.1. The van der Waals surface area contributed by atoms with Gasteiger partial charge in [0.05, 0.1) is 16.4 Å². The molecule has 4 nitrogen and oxygen atoms in total. The van der Waals surface area contributed by atoms with Gasteiger partial charge in [-0.15, -0.1) is 12.6 Å². The van der Waals surface area contributed by atoms with Gasteiger partial charge >= 0.3 is 65.1 Å². The van der Waals surface area contributed by atoms with E-state index in [1.807, 2.05) is 0 Å². The fourth-order valence-corrected chi connectivity index (χ4v) is 1.18. The molecule has 0 fully saturated rings. The van der Waals surface area contributed by atoms with Crippen molar-refractivity contribution in [2.24, 2.45) is 0 Å². The van der Waals surface area contributed by atoms with E-state index in [-0.39, 0.29) is 83.9 Å². The number of hydrogen-bond donors (Lipinski definition) is 2. The van der Waals surface area contributed by atoms with Gasteiger partial charge in [-0.1, -0.05) is 12.2 Å². The molecule has 0 aromatic carbocycles. The van der Waals surface area contributed by atoms with E-state index in [2.05, 4.69) is 12.6 Å². The van der Waals surface area contributed by atoms with E-state index in [0.717, 1.165) is 0 Å². The van der Waals surface area contributed by atoms with Crippen molar-refractivity contribution in [1.82, 2.24) is 0 Å². The molecule has 0 amide bonds. The van der Waals surface area contributed by atoms with Crippen LogP contribution in [-0.4, -0.2) is 27.5 Å². The van der Waals surface area contributed by atoms with E-state index in [1.165, 1.54) is 0 Å². The van der Waals surface area contributed by atoms with Crippen molar-refractivity contribution in [3.63, 3.8) is 0 Å². The Morgan fingerprint density at radius 2 is 1.56 bits per heavy atom. The van der Waals surface area contributed by atoms with Gasteiger partial charge in [-0.3, -0.25) is 0 Å². The average Bonchev–Trinajstić information content (AvgIpc) is 1.98. The van der Waals surface area contributed by atoms with Gasteiger partial charge in [-0.25, -0.2) is 4.79 Å². The Balaban J connectivity index is -0.000000187. The van der Waals surface area contributed by atoms with Crippen LogP contribution in [0.1, 0.15) is 30.5 Å². The molecule has 0 rings (SSSR count). The van der Waals surface area contributed by atoms with Crippen LogP contribution >= 0.6 is 24.8 Å². The maximum absolute atomic E-state index is 11.6. The van der Waals surface area contributed by atoms with Crippen molar-refractivity contribution in [3.8, 4) is 0 Å². The molecular weight excluding hydrogens is 294 g/mol. The molecule has 1 N–H and O–H groups in total. The molecule has 0 spiro atoms. The minimum absolute atomic E-state index is 0. The van der Waals surface area contributed by atoms with Crippen LogP contribution in [0, 0.1) is 0 Å². The van der Waals surface area contributed by atoms with Crippen LogP contribution in [0.3, 0.4) is 0 Å². The van der Waals surface area contributed by atoms with Gasteiger partial charge in [0.1, 0.15) is 0 Å². The van der Waals surface area contributed by atoms with Crippen molar-refractivity contribution in [3.05, 3.63) is 11.5 Å². The molecule has 0 atom stereocenters. The minimum Gasteiger partial charge on any atom is -1.00 e. The van der Waals surface area contributed by atoms with E-state index < -0.39 is 11.9 Å². The summed E-state index contributed by atoms with van der Waals surface area (Å²) in [4.78, 5) is 11.6. The summed E-state index contributed by atoms with van der Waals surface area (Å²) in [5.74, 6) is -1.30. The first kappa shape index (κ1) is 24.3. The zero-order valence-corrected chi connectivity index (χ0v) is 17.4. The second-order valence-electron chi connectivity index (χ2n) is 3.61. The first-order chi connectivity index (χ1) is 7.25. The molecule has 0 unspecified atom stereocenters. The third-order valence-electron chi connectivity index (χ3n) is 1.32. The standard InChI is InChI=1S/C10H16O4S2.2Na.2H/c1-5(2)13-8(11)7(10(15)16)9(12)14-6(3)4;;;;/h5-6,11H,1-4H3,(H,15,16);;;;/q;2*+1;2*-1. The second kappa shape index (κ2) is 12.0. The number of ether oxygens (including phenoxy) is 2. The molecule has 0 heterocycles. The molecule has 0 saturated heterocycles. The van der Waals surface area contributed by atoms with E-state index in [1.54, 1.807) is 27.7 Å². The molecule has 8 heteroatoms. The molecule has 0 aliphatic rings. The number of thiocarbonyl (C=S) groups is 1. The molecule has 18 heavy (non-hydrogen) atoms. The summed E-state index contributed by atoms with van der Waals surface area (Å²) in [6.07, 6.45) is -0.582. The van der Waals surface area contributed by atoms with E-state index in [9.17, 15) is 9.90 Å². The van der Waals surface area contributed by atoms with Crippen molar-refractivity contribution in [1.29, 1.82) is 0 Å². The number of esters is 1. The summed E-state index contributed by atoms with van der Waals surface area (Å²) in [6, 6.07) is 0. The van der Waals surface area contributed by atoms with E-state index >= 15 is 0 Å². The Kier molecular flexibility index (Phi) is 16.2. The fraction of sp³-hybridized carbons (Fsp3) is 0.600. The van der Waals surface area contributed by atoms with Crippen LogP contribution < -0.4 is 59.1 Å². The van der Waals surface area contributed by atoms with Crippen LogP contribution in [0.25, 0.3) is 0 Å². The van der Waals surface area contributed by atoms with Crippen LogP contribution in [0.15, 0.2) is 11.5 Å². The molecule has 0 aromatic rings. The zero-order valence-electron chi connectivity index (χ0n) is 13.7. The molecule has 0 aromatic heterocycles. The quantitative estimate of drug-likeness (QED) is 0.139. The number of aliphatic hydroxyl groups excluding tert-OH is 1. The van der Waals surface area contributed by atoms with Crippen molar-refractivity contribution < 1.29 is 81.3 Å². The van der Waals surface area contributed by atoms with Crippen LogP contribution in [0.4, 0.5) is 0 Å². The summed E-state index contributed by atoms with van der Waals surface area (Å²) in [6.45, 7) is 6.81. The van der Waals surface area contributed by atoms with Gasteiger partial charge in [0.25, 0.3) is 5.95 Å². The molecular formula is C10H18Na2O4S2. The number of hydrogen-bond acceptors (Lipinski definition) is 5. The molecule has 0 aliphatic heterocycles. The fourth-order valence-electron chi connectivity index (χ4n) is 0.821. The Hall–Kier alpha value is 1.25. The van der Waals surface area contributed by atoms with Crippen molar-refractivity contribution in [2.45, 2.75) is 39.9 Å². The first-order valence-electron chi connectivity index (χ1n) is 4.79. The summed E-state index contributed by atoms with van der Waals surface area (Å²) >= 11 is 8.59. The molecule has 0 aliphatic carbocycles. The smallest absolute Gasteiger partial charge is 1.00 e. The van der Waals surface area contributed by atoms with Crippen LogP contribution in [0.2, 0.25) is 0 Å². The van der Waals surface area contributed by atoms with Gasteiger partial charge in [0.15, 0.2) is 5.57 Å². The summed E-state index contributed by atoms with van der Waals surface area (Å²) < 4.78 is 9.81. The summed E-state index contributed by atoms with van der Waals surface area (Å²) in [5.41, 5.74) is -0.222. The monoisotopic (exact) mass is 312 g/mol. The Morgan fingerprint density at radius 3 is 1.83 bits per heavy atom.